The quantitative estimate of drug-likeness (QED) is 0.889. The first kappa shape index (κ1) is 13.4. The van der Waals surface area contributed by atoms with Crippen molar-refractivity contribution in [3.05, 3.63) is 24.0 Å². The van der Waals surface area contributed by atoms with Gasteiger partial charge in [0.25, 0.3) is 5.91 Å². The van der Waals surface area contributed by atoms with E-state index in [1.807, 2.05) is 6.07 Å². The molecule has 1 heterocycles. The van der Waals surface area contributed by atoms with Gasteiger partial charge in [-0.25, -0.2) is 0 Å². The van der Waals surface area contributed by atoms with Crippen LogP contribution in [0.1, 0.15) is 50.5 Å². The Balaban J connectivity index is 1.87. The lowest BCUT2D eigenvalue weighted by Gasteiger charge is -2.43. The molecule has 4 nitrogen and oxygen atoms in total. The zero-order valence-electron chi connectivity index (χ0n) is 12.4. The lowest BCUT2D eigenvalue weighted by Crippen LogP contribution is -2.45. The summed E-state index contributed by atoms with van der Waals surface area (Å²) in [6.45, 7) is 7.10. The number of carbonyl (C=O) groups is 1. The molecule has 1 amide bonds. The van der Waals surface area contributed by atoms with Crippen molar-refractivity contribution in [2.24, 2.45) is 22.5 Å². The fraction of sp³-hybridized carbons (Fsp3) is 0.625. The van der Waals surface area contributed by atoms with Gasteiger partial charge in [-0.3, -0.25) is 9.78 Å². The first-order chi connectivity index (χ1) is 9.33. The number of pyridine rings is 1. The SMILES string of the molecule is CC12CCC(C1)C(C)(C)C2Nc1ccnc(C(N)=O)c1. The van der Waals surface area contributed by atoms with Gasteiger partial charge in [-0.2, -0.15) is 0 Å². The summed E-state index contributed by atoms with van der Waals surface area (Å²) in [7, 11) is 0. The monoisotopic (exact) mass is 273 g/mol. The third-order valence-corrected chi connectivity index (χ3v) is 5.59. The molecule has 2 aliphatic rings. The predicted octanol–water partition coefficient (Wildman–Crippen LogP) is 2.81. The number of carbonyl (C=O) groups excluding carboxylic acids is 1. The zero-order valence-corrected chi connectivity index (χ0v) is 12.4. The average Bonchev–Trinajstić information content (AvgIpc) is 2.86. The van der Waals surface area contributed by atoms with E-state index in [-0.39, 0.29) is 5.41 Å². The van der Waals surface area contributed by atoms with Crippen LogP contribution in [-0.4, -0.2) is 16.9 Å². The van der Waals surface area contributed by atoms with Gasteiger partial charge in [0.15, 0.2) is 0 Å². The number of nitrogens with one attached hydrogen (secondary N) is 1. The number of hydrogen-bond donors (Lipinski definition) is 2. The minimum Gasteiger partial charge on any atom is -0.381 e. The Bertz CT molecular complexity index is 550. The number of amides is 1. The second kappa shape index (κ2) is 4.21. The Hall–Kier alpha value is -1.58. The largest absolute Gasteiger partial charge is 0.381 e. The maximum atomic E-state index is 11.2. The molecular formula is C16H23N3O. The number of nitrogens with two attached hydrogens (primary N) is 1. The molecule has 1 aromatic rings. The molecule has 0 spiro atoms. The molecule has 2 aliphatic carbocycles. The van der Waals surface area contributed by atoms with Gasteiger partial charge in [-0.15, -0.1) is 0 Å². The van der Waals surface area contributed by atoms with E-state index in [0.717, 1.165) is 11.6 Å². The molecule has 1 aromatic heterocycles. The summed E-state index contributed by atoms with van der Waals surface area (Å²) in [5, 5.41) is 3.65. The Kier molecular flexibility index (Phi) is 2.82. The number of hydrogen-bond acceptors (Lipinski definition) is 3. The fourth-order valence-electron chi connectivity index (χ4n) is 4.48. The van der Waals surface area contributed by atoms with Crippen molar-refractivity contribution in [3.63, 3.8) is 0 Å². The van der Waals surface area contributed by atoms with Crippen LogP contribution in [0.25, 0.3) is 0 Å². The molecule has 2 bridgehead atoms. The fourth-order valence-corrected chi connectivity index (χ4v) is 4.48. The molecule has 3 N–H and O–H groups in total. The third-order valence-electron chi connectivity index (χ3n) is 5.59. The first-order valence-corrected chi connectivity index (χ1v) is 7.35. The average molecular weight is 273 g/mol. The highest BCUT2D eigenvalue weighted by Crippen LogP contribution is 2.63. The Morgan fingerprint density at radius 1 is 1.45 bits per heavy atom. The summed E-state index contributed by atoms with van der Waals surface area (Å²) >= 11 is 0. The van der Waals surface area contributed by atoms with Gasteiger partial charge in [-0.05, 0) is 48.1 Å². The van der Waals surface area contributed by atoms with Gasteiger partial charge in [0.2, 0.25) is 0 Å². The van der Waals surface area contributed by atoms with Crippen LogP contribution in [0.2, 0.25) is 0 Å². The van der Waals surface area contributed by atoms with Crippen LogP contribution in [0.5, 0.6) is 0 Å². The van der Waals surface area contributed by atoms with E-state index < -0.39 is 5.91 Å². The van der Waals surface area contributed by atoms with Crippen LogP contribution >= 0.6 is 0 Å². The van der Waals surface area contributed by atoms with Gasteiger partial charge < -0.3 is 11.1 Å². The van der Waals surface area contributed by atoms with Crippen molar-refractivity contribution >= 4 is 11.6 Å². The summed E-state index contributed by atoms with van der Waals surface area (Å²) in [5.74, 6) is 0.314. The van der Waals surface area contributed by atoms with Gasteiger partial charge in [0, 0.05) is 17.9 Å². The number of anilines is 1. The Morgan fingerprint density at radius 3 is 2.80 bits per heavy atom. The molecule has 2 saturated carbocycles. The lowest BCUT2D eigenvalue weighted by molar-refractivity contribution is 0.0995. The summed E-state index contributed by atoms with van der Waals surface area (Å²) < 4.78 is 0. The molecular weight excluding hydrogens is 250 g/mol. The Labute approximate surface area is 120 Å². The number of nitrogens with zero attached hydrogens (tertiary/aromatic N) is 1. The minimum atomic E-state index is -0.480. The van der Waals surface area contributed by atoms with E-state index in [2.05, 4.69) is 31.1 Å². The highest BCUT2D eigenvalue weighted by atomic mass is 16.1. The summed E-state index contributed by atoms with van der Waals surface area (Å²) in [4.78, 5) is 15.2. The summed E-state index contributed by atoms with van der Waals surface area (Å²) in [6.07, 6.45) is 5.56. The van der Waals surface area contributed by atoms with E-state index in [0.29, 0.717) is 17.2 Å². The number of aromatic nitrogens is 1. The molecule has 3 atom stereocenters. The molecule has 0 radical (unpaired) electrons. The van der Waals surface area contributed by atoms with Crippen molar-refractivity contribution in [1.29, 1.82) is 0 Å². The van der Waals surface area contributed by atoms with E-state index in [4.69, 9.17) is 5.73 Å². The lowest BCUT2D eigenvalue weighted by atomic mass is 9.68. The van der Waals surface area contributed by atoms with Gasteiger partial charge in [0.05, 0.1) is 0 Å². The van der Waals surface area contributed by atoms with E-state index in [9.17, 15) is 4.79 Å². The van der Waals surface area contributed by atoms with Gasteiger partial charge in [0.1, 0.15) is 5.69 Å². The van der Waals surface area contributed by atoms with Gasteiger partial charge in [-0.1, -0.05) is 20.8 Å². The number of primary amides is 1. The summed E-state index contributed by atoms with van der Waals surface area (Å²) in [6, 6.07) is 4.10. The van der Waals surface area contributed by atoms with Crippen molar-refractivity contribution in [2.45, 2.75) is 46.1 Å². The van der Waals surface area contributed by atoms with Crippen LogP contribution in [0.15, 0.2) is 18.3 Å². The molecule has 0 aromatic carbocycles. The van der Waals surface area contributed by atoms with Crippen LogP contribution in [-0.2, 0) is 0 Å². The van der Waals surface area contributed by atoms with Crippen LogP contribution in [0.4, 0.5) is 5.69 Å². The van der Waals surface area contributed by atoms with Crippen LogP contribution in [0, 0.1) is 16.7 Å². The molecule has 108 valence electrons. The number of fused-ring (bicyclic) bond motifs is 2. The maximum absolute atomic E-state index is 11.2. The molecule has 20 heavy (non-hydrogen) atoms. The van der Waals surface area contributed by atoms with Crippen LogP contribution < -0.4 is 11.1 Å². The van der Waals surface area contributed by atoms with E-state index in [1.165, 1.54) is 19.3 Å². The van der Waals surface area contributed by atoms with Crippen LogP contribution in [0.3, 0.4) is 0 Å². The molecule has 2 fully saturated rings. The normalized spacial score (nSPS) is 34.1. The van der Waals surface area contributed by atoms with Gasteiger partial charge >= 0.3 is 0 Å². The highest BCUT2D eigenvalue weighted by Gasteiger charge is 2.59. The van der Waals surface area contributed by atoms with Crippen molar-refractivity contribution in [3.8, 4) is 0 Å². The molecule has 3 unspecified atom stereocenters. The zero-order chi connectivity index (χ0) is 14.5. The second-order valence-corrected chi connectivity index (χ2v) is 7.29. The Morgan fingerprint density at radius 2 is 2.20 bits per heavy atom. The molecule has 0 aliphatic heterocycles. The minimum absolute atomic E-state index is 0.281. The number of rotatable bonds is 3. The molecule has 4 heteroatoms. The standard InChI is InChI=1S/C16H23N3O/c1-15(2)10-4-6-16(3,9-10)14(15)19-11-5-7-18-12(8-11)13(17)20/h5,7-8,10,14H,4,6,9H2,1-3H3,(H2,17,20)(H,18,19). The van der Waals surface area contributed by atoms with E-state index in [1.54, 1.807) is 12.3 Å². The van der Waals surface area contributed by atoms with E-state index >= 15 is 0 Å². The van der Waals surface area contributed by atoms with Crippen molar-refractivity contribution < 1.29 is 4.79 Å². The third kappa shape index (κ3) is 1.89. The first-order valence-electron chi connectivity index (χ1n) is 7.35. The second-order valence-electron chi connectivity index (χ2n) is 7.29. The van der Waals surface area contributed by atoms with Crippen molar-refractivity contribution in [1.82, 2.24) is 4.98 Å². The predicted molar refractivity (Wildman–Crippen MR) is 79.4 cm³/mol. The maximum Gasteiger partial charge on any atom is 0.267 e. The smallest absolute Gasteiger partial charge is 0.267 e. The topological polar surface area (TPSA) is 68.0 Å². The van der Waals surface area contributed by atoms with Crippen molar-refractivity contribution in [2.75, 3.05) is 5.32 Å². The summed E-state index contributed by atoms with van der Waals surface area (Å²) in [5.41, 5.74) is 7.20. The molecule has 3 rings (SSSR count). The highest BCUT2D eigenvalue weighted by molar-refractivity contribution is 5.91. The molecule has 0 saturated heterocycles.